The van der Waals surface area contributed by atoms with Crippen LogP contribution in [0.25, 0.3) is 22.0 Å². The molecule has 0 atom stereocenters. The Morgan fingerprint density at radius 2 is 1.97 bits per heavy atom. The summed E-state index contributed by atoms with van der Waals surface area (Å²) in [5.74, 6) is -0.579. The number of esters is 1. The Hall–Kier alpha value is -4.21. The summed E-state index contributed by atoms with van der Waals surface area (Å²) < 4.78 is 17.1. The van der Waals surface area contributed by atoms with Crippen LogP contribution in [0, 0.1) is 6.92 Å². The zero-order valence-electron chi connectivity index (χ0n) is 17.7. The minimum Gasteiger partial charge on any atom is -0.457 e. The quantitative estimate of drug-likeness (QED) is 0.373. The highest BCUT2D eigenvalue weighted by Gasteiger charge is 2.15. The van der Waals surface area contributed by atoms with E-state index in [1.807, 2.05) is 6.92 Å². The number of anilines is 1. The van der Waals surface area contributed by atoms with Crippen LogP contribution in [0.2, 0.25) is 0 Å². The van der Waals surface area contributed by atoms with Gasteiger partial charge in [-0.05, 0) is 32.0 Å². The molecule has 0 unspecified atom stereocenters. The molecule has 0 bridgehead atoms. The molecule has 0 aliphatic heterocycles. The van der Waals surface area contributed by atoms with E-state index in [1.54, 1.807) is 36.9 Å². The van der Waals surface area contributed by atoms with E-state index in [0.717, 1.165) is 11.1 Å². The average molecular weight is 436 g/mol. The molecule has 1 N–H and O–H groups in total. The summed E-state index contributed by atoms with van der Waals surface area (Å²) >= 11 is 0. The highest BCUT2D eigenvalue weighted by molar-refractivity contribution is 5.94. The average Bonchev–Trinajstić information content (AvgIpc) is 3.04. The van der Waals surface area contributed by atoms with Gasteiger partial charge in [0.15, 0.2) is 5.65 Å². The van der Waals surface area contributed by atoms with Gasteiger partial charge in [0, 0.05) is 47.4 Å². The Bertz CT molecular complexity index is 1410. The van der Waals surface area contributed by atoms with Crippen LogP contribution in [0.5, 0.6) is 0 Å². The van der Waals surface area contributed by atoms with Crippen molar-refractivity contribution >= 4 is 39.8 Å². The van der Waals surface area contributed by atoms with Crippen LogP contribution >= 0.6 is 0 Å². The highest BCUT2D eigenvalue weighted by Crippen LogP contribution is 2.23. The van der Waals surface area contributed by atoms with E-state index in [2.05, 4.69) is 15.4 Å². The van der Waals surface area contributed by atoms with E-state index in [1.165, 1.54) is 18.3 Å². The van der Waals surface area contributed by atoms with Crippen LogP contribution in [0.3, 0.4) is 0 Å². The minimum absolute atomic E-state index is 0.143. The molecule has 3 heterocycles. The van der Waals surface area contributed by atoms with Gasteiger partial charge in [-0.1, -0.05) is 0 Å². The molecule has 0 saturated heterocycles. The van der Waals surface area contributed by atoms with Gasteiger partial charge in [0.25, 0.3) is 0 Å². The molecule has 4 aromatic rings. The van der Waals surface area contributed by atoms with E-state index in [-0.39, 0.29) is 24.4 Å². The fraction of sp³-hybridized carbons (Fsp3) is 0.227. The molecule has 1 amide bonds. The molecule has 0 saturated carbocycles. The molecule has 0 aliphatic rings. The number of aromatic nitrogens is 3. The Morgan fingerprint density at radius 1 is 1.16 bits per heavy atom. The molecule has 10 nitrogen and oxygen atoms in total. The summed E-state index contributed by atoms with van der Waals surface area (Å²) in [5, 5.41) is 8.16. The lowest BCUT2D eigenvalue weighted by Gasteiger charge is -2.09. The SMILES string of the molecule is CCOC(=O)Nc1ccc2c(COC(=O)c3cnc4c(c3)c(C)nn4C)cc(=O)oc2c1. The molecule has 4 rings (SSSR count). The summed E-state index contributed by atoms with van der Waals surface area (Å²) in [6, 6.07) is 7.74. The van der Waals surface area contributed by atoms with Crippen LogP contribution in [-0.4, -0.2) is 33.4 Å². The summed E-state index contributed by atoms with van der Waals surface area (Å²) in [6.45, 7) is 3.61. The van der Waals surface area contributed by atoms with E-state index in [0.29, 0.717) is 22.3 Å². The van der Waals surface area contributed by atoms with Crippen LogP contribution in [0.4, 0.5) is 10.5 Å². The Labute approximate surface area is 181 Å². The second-order valence-electron chi connectivity index (χ2n) is 7.03. The van der Waals surface area contributed by atoms with Crippen LogP contribution in [-0.2, 0) is 23.1 Å². The van der Waals surface area contributed by atoms with Crippen LogP contribution in [0.15, 0.2) is 45.7 Å². The molecule has 0 radical (unpaired) electrons. The lowest BCUT2D eigenvalue weighted by atomic mass is 10.1. The van der Waals surface area contributed by atoms with E-state index in [4.69, 9.17) is 13.9 Å². The van der Waals surface area contributed by atoms with Crippen molar-refractivity contribution in [1.82, 2.24) is 14.8 Å². The standard InChI is InChI=1S/C22H20N4O6/c1-4-30-22(29)24-15-5-6-16-14(8-19(27)32-18(16)9-15)11-31-21(28)13-7-17-12(2)25-26(3)20(17)23-10-13/h5-10H,4,11H2,1-3H3,(H,24,29). The van der Waals surface area contributed by atoms with Gasteiger partial charge < -0.3 is 13.9 Å². The second-order valence-corrected chi connectivity index (χ2v) is 7.03. The lowest BCUT2D eigenvalue weighted by Crippen LogP contribution is -2.13. The van der Waals surface area contributed by atoms with Gasteiger partial charge in [0.1, 0.15) is 12.2 Å². The normalized spacial score (nSPS) is 11.0. The smallest absolute Gasteiger partial charge is 0.411 e. The zero-order chi connectivity index (χ0) is 22.8. The number of hydrogen-bond donors (Lipinski definition) is 1. The number of carbonyl (C=O) groups is 2. The third-order valence-corrected chi connectivity index (χ3v) is 4.81. The predicted octanol–water partition coefficient (Wildman–Crippen LogP) is 3.31. The Kier molecular flexibility index (Phi) is 5.59. The number of amides is 1. The first kappa shape index (κ1) is 21.0. The number of fused-ring (bicyclic) bond motifs is 2. The van der Waals surface area contributed by atoms with Crippen molar-refractivity contribution in [1.29, 1.82) is 0 Å². The van der Waals surface area contributed by atoms with Crippen molar-refractivity contribution in [2.75, 3.05) is 11.9 Å². The molecule has 0 spiro atoms. The number of nitrogens with one attached hydrogen (secondary N) is 1. The van der Waals surface area contributed by atoms with Crippen molar-refractivity contribution in [3.05, 3.63) is 63.8 Å². The van der Waals surface area contributed by atoms with E-state index in [9.17, 15) is 14.4 Å². The number of pyridine rings is 1. The number of nitrogens with zero attached hydrogens (tertiary/aromatic N) is 3. The lowest BCUT2D eigenvalue weighted by molar-refractivity contribution is 0.0473. The summed E-state index contributed by atoms with van der Waals surface area (Å²) in [7, 11) is 1.78. The van der Waals surface area contributed by atoms with Gasteiger partial charge in [-0.3, -0.25) is 10.00 Å². The molecular formula is C22H20N4O6. The minimum atomic E-state index is -0.617. The molecule has 10 heteroatoms. The number of rotatable bonds is 5. The van der Waals surface area contributed by atoms with Gasteiger partial charge in [0.2, 0.25) is 0 Å². The first-order valence-electron chi connectivity index (χ1n) is 9.82. The Balaban J connectivity index is 1.56. The van der Waals surface area contributed by atoms with Crippen molar-refractivity contribution in [2.24, 2.45) is 7.05 Å². The van der Waals surface area contributed by atoms with Crippen molar-refractivity contribution in [2.45, 2.75) is 20.5 Å². The highest BCUT2D eigenvalue weighted by atomic mass is 16.5. The molecule has 0 fully saturated rings. The first-order valence-corrected chi connectivity index (χ1v) is 9.82. The molecule has 1 aromatic carbocycles. The summed E-state index contributed by atoms with van der Waals surface area (Å²) in [6.07, 6.45) is 0.810. The maximum absolute atomic E-state index is 12.6. The summed E-state index contributed by atoms with van der Waals surface area (Å²) in [4.78, 5) is 40.5. The maximum atomic E-state index is 12.6. The van der Waals surface area contributed by atoms with Gasteiger partial charge in [-0.25, -0.2) is 19.4 Å². The van der Waals surface area contributed by atoms with Crippen molar-refractivity contribution in [3.8, 4) is 0 Å². The fourth-order valence-corrected chi connectivity index (χ4v) is 3.36. The third kappa shape index (κ3) is 4.15. The van der Waals surface area contributed by atoms with Crippen LogP contribution in [0.1, 0.15) is 28.5 Å². The molecular weight excluding hydrogens is 416 g/mol. The first-order chi connectivity index (χ1) is 15.4. The van der Waals surface area contributed by atoms with E-state index >= 15 is 0 Å². The van der Waals surface area contributed by atoms with E-state index < -0.39 is 17.7 Å². The second kappa shape index (κ2) is 8.50. The topological polar surface area (TPSA) is 126 Å². The number of hydrogen-bond acceptors (Lipinski definition) is 8. The molecule has 3 aromatic heterocycles. The Morgan fingerprint density at radius 3 is 2.75 bits per heavy atom. The number of ether oxygens (including phenoxy) is 2. The summed E-state index contributed by atoms with van der Waals surface area (Å²) in [5.41, 5.74) is 2.21. The van der Waals surface area contributed by atoms with Gasteiger partial charge in [-0.2, -0.15) is 5.10 Å². The number of carbonyl (C=O) groups excluding carboxylic acids is 2. The largest absolute Gasteiger partial charge is 0.457 e. The maximum Gasteiger partial charge on any atom is 0.411 e. The van der Waals surface area contributed by atoms with Gasteiger partial charge >= 0.3 is 17.7 Å². The van der Waals surface area contributed by atoms with Crippen LogP contribution < -0.4 is 10.9 Å². The number of benzene rings is 1. The van der Waals surface area contributed by atoms with Crippen molar-refractivity contribution < 1.29 is 23.5 Å². The van der Waals surface area contributed by atoms with Gasteiger partial charge in [0.05, 0.1) is 17.9 Å². The fourth-order valence-electron chi connectivity index (χ4n) is 3.36. The van der Waals surface area contributed by atoms with Gasteiger partial charge in [-0.15, -0.1) is 0 Å². The molecule has 164 valence electrons. The zero-order valence-corrected chi connectivity index (χ0v) is 17.7. The molecule has 0 aliphatic carbocycles. The number of aryl methyl sites for hydroxylation is 2. The third-order valence-electron chi connectivity index (χ3n) is 4.81. The monoisotopic (exact) mass is 436 g/mol. The molecule has 32 heavy (non-hydrogen) atoms. The van der Waals surface area contributed by atoms with Crippen molar-refractivity contribution in [3.63, 3.8) is 0 Å². The predicted molar refractivity (Wildman–Crippen MR) is 115 cm³/mol.